The average molecular weight is 262 g/mol. The molecule has 0 unspecified atom stereocenters. The lowest BCUT2D eigenvalue weighted by Crippen LogP contribution is -2.18. The number of aliphatic hydroxyl groups excluding tert-OH is 1. The Kier molecular flexibility index (Phi) is 9.13. The molecule has 0 bridgehead atoms. The second-order valence-electron chi connectivity index (χ2n) is 4.11. The van der Waals surface area contributed by atoms with Gasteiger partial charge in [0.15, 0.2) is 0 Å². The van der Waals surface area contributed by atoms with Gasteiger partial charge < -0.3 is 10.4 Å². The molecule has 0 aliphatic rings. The van der Waals surface area contributed by atoms with Crippen molar-refractivity contribution in [2.75, 3.05) is 13.2 Å². The summed E-state index contributed by atoms with van der Waals surface area (Å²) < 4.78 is 2.08. The third-order valence-corrected chi connectivity index (χ3v) is 2.49. The Morgan fingerprint density at radius 2 is 2.18 bits per heavy atom. The molecule has 0 aliphatic heterocycles. The Bertz CT molecular complexity index is 302. The highest BCUT2D eigenvalue weighted by atomic mass is 35.5. The molecule has 0 saturated heterocycles. The summed E-state index contributed by atoms with van der Waals surface area (Å²) in [5, 5.41) is 16.5. The highest BCUT2D eigenvalue weighted by molar-refractivity contribution is 5.85. The van der Waals surface area contributed by atoms with Crippen LogP contribution >= 0.6 is 12.4 Å². The third kappa shape index (κ3) is 6.05. The van der Waals surface area contributed by atoms with Crippen LogP contribution in [0.2, 0.25) is 0 Å². The monoisotopic (exact) mass is 261 g/mol. The fourth-order valence-electron chi connectivity index (χ4n) is 1.73. The number of aryl methyl sites for hydroxylation is 2. The number of nitrogens with zero attached hydrogens (tertiary/aromatic N) is 2. The molecular weight excluding hydrogens is 238 g/mol. The fourth-order valence-corrected chi connectivity index (χ4v) is 1.73. The molecule has 1 heterocycles. The number of rotatable bonds is 8. The van der Waals surface area contributed by atoms with Gasteiger partial charge in [-0.05, 0) is 38.8 Å². The molecule has 0 fully saturated rings. The summed E-state index contributed by atoms with van der Waals surface area (Å²) in [6, 6.07) is 2.13. The third-order valence-electron chi connectivity index (χ3n) is 2.49. The minimum atomic E-state index is 0. The number of halogens is 1. The zero-order valence-electron chi connectivity index (χ0n) is 10.8. The Morgan fingerprint density at radius 1 is 1.41 bits per heavy atom. The lowest BCUT2D eigenvalue weighted by atomic mass is 10.3. The molecule has 1 aromatic heterocycles. The van der Waals surface area contributed by atoms with Gasteiger partial charge in [0.05, 0.1) is 11.4 Å². The standard InChI is InChI=1S/C12H23N3O.ClH/c1-3-7-15-12(9-11(2)14-15)10-13-6-4-5-8-16;/h9,13,16H,3-8,10H2,1-2H3;1H. The van der Waals surface area contributed by atoms with Crippen LogP contribution in [0.3, 0.4) is 0 Å². The van der Waals surface area contributed by atoms with Gasteiger partial charge >= 0.3 is 0 Å². The van der Waals surface area contributed by atoms with Gasteiger partial charge in [-0.1, -0.05) is 6.92 Å². The minimum absolute atomic E-state index is 0. The van der Waals surface area contributed by atoms with Crippen LogP contribution in [-0.4, -0.2) is 28.0 Å². The summed E-state index contributed by atoms with van der Waals surface area (Å²) in [5.41, 5.74) is 2.34. The van der Waals surface area contributed by atoms with Crippen LogP contribution in [0, 0.1) is 6.92 Å². The van der Waals surface area contributed by atoms with Crippen LogP contribution in [0.1, 0.15) is 37.6 Å². The van der Waals surface area contributed by atoms with Crippen molar-refractivity contribution in [1.82, 2.24) is 15.1 Å². The van der Waals surface area contributed by atoms with E-state index in [2.05, 4.69) is 28.1 Å². The second-order valence-corrected chi connectivity index (χ2v) is 4.11. The topological polar surface area (TPSA) is 50.1 Å². The Balaban J connectivity index is 0.00000256. The summed E-state index contributed by atoms with van der Waals surface area (Å²) in [4.78, 5) is 0. The number of aromatic nitrogens is 2. The molecular formula is C12H24ClN3O. The SMILES string of the molecule is CCCn1nc(C)cc1CNCCCCO.Cl. The number of hydrogen-bond acceptors (Lipinski definition) is 3. The Hall–Kier alpha value is -0.580. The van der Waals surface area contributed by atoms with Crippen molar-refractivity contribution in [1.29, 1.82) is 0 Å². The molecule has 0 aromatic carbocycles. The fraction of sp³-hybridized carbons (Fsp3) is 0.750. The Labute approximate surface area is 110 Å². The van der Waals surface area contributed by atoms with Crippen molar-refractivity contribution in [2.24, 2.45) is 0 Å². The summed E-state index contributed by atoms with van der Waals surface area (Å²) in [6.45, 7) is 7.29. The maximum atomic E-state index is 8.66. The van der Waals surface area contributed by atoms with E-state index in [1.54, 1.807) is 0 Å². The average Bonchev–Trinajstić information content (AvgIpc) is 2.59. The molecule has 17 heavy (non-hydrogen) atoms. The highest BCUT2D eigenvalue weighted by Crippen LogP contribution is 2.04. The van der Waals surface area contributed by atoms with Crippen LogP contribution in [0.15, 0.2) is 6.07 Å². The van der Waals surface area contributed by atoms with Gasteiger partial charge in [-0.2, -0.15) is 5.10 Å². The van der Waals surface area contributed by atoms with E-state index in [1.165, 1.54) is 5.69 Å². The van der Waals surface area contributed by atoms with E-state index in [0.717, 1.165) is 44.6 Å². The van der Waals surface area contributed by atoms with Gasteiger partial charge in [0.2, 0.25) is 0 Å². The van der Waals surface area contributed by atoms with E-state index in [4.69, 9.17) is 5.11 Å². The summed E-state index contributed by atoms with van der Waals surface area (Å²) in [7, 11) is 0. The molecule has 4 nitrogen and oxygen atoms in total. The minimum Gasteiger partial charge on any atom is -0.396 e. The number of nitrogens with one attached hydrogen (secondary N) is 1. The second kappa shape index (κ2) is 9.45. The van der Waals surface area contributed by atoms with Gasteiger partial charge in [0.1, 0.15) is 0 Å². The highest BCUT2D eigenvalue weighted by Gasteiger charge is 2.03. The van der Waals surface area contributed by atoms with Crippen LogP contribution < -0.4 is 5.32 Å². The molecule has 0 aliphatic carbocycles. The molecule has 0 saturated carbocycles. The van der Waals surface area contributed by atoms with E-state index in [1.807, 2.05) is 6.92 Å². The van der Waals surface area contributed by atoms with Crippen molar-refractivity contribution in [3.05, 3.63) is 17.5 Å². The van der Waals surface area contributed by atoms with Crippen molar-refractivity contribution >= 4 is 12.4 Å². The predicted molar refractivity (Wildman–Crippen MR) is 72.5 cm³/mol. The van der Waals surface area contributed by atoms with Crippen molar-refractivity contribution in [2.45, 2.75) is 46.2 Å². The van der Waals surface area contributed by atoms with Crippen LogP contribution in [0.4, 0.5) is 0 Å². The van der Waals surface area contributed by atoms with E-state index in [0.29, 0.717) is 0 Å². The van der Waals surface area contributed by atoms with Gasteiger partial charge in [0, 0.05) is 19.7 Å². The molecule has 5 heteroatoms. The zero-order valence-corrected chi connectivity index (χ0v) is 11.6. The molecule has 1 aromatic rings. The quantitative estimate of drug-likeness (QED) is 0.703. The van der Waals surface area contributed by atoms with Crippen molar-refractivity contribution in [3.8, 4) is 0 Å². The number of aliphatic hydroxyl groups is 1. The van der Waals surface area contributed by atoms with Crippen LogP contribution in [0.5, 0.6) is 0 Å². The lowest BCUT2D eigenvalue weighted by molar-refractivity contribution is 0.283. The molecule has 100 valence electrons. The first-order chi connectivity index (χ1) is 7.77. The van der Waals surface area contributed by atoms with Crippen LogP contribution in [-0.2, 0) is 13.1 Å². The van der Waals surface area contributed by atoms with Crippen LogP contribution in [0.25, 0.3) is 0 Å². The van der Waals surface area contributed by atoms with Gasteiger partial charge in [-0.15, -0.1) is 12.4 Å². The molecule has 0 atom stereocenters. The number of unbranched alkanes of at least 4 members (excludes halogenated alkanes) is 1. The maximum absolute atomic E-state index is 8.66. The summed E-state index contributed by atoms with van der Waals surface area (Å²) in [6.07, 6.45) is 3.01. The van der Waals surface area contributed by atoms with Crippen molar-refractivity contribution in [3.63, 3.8) is 0 Å². The maximum Gasteiger partial charge on any atom is 0.0597 e. The van der Waals surface area contributed by atoms with E-state index >= 15 is 0 Å². The lowest BCUT2D eigenvalue weighted by Gasteiger charge is -2.07. The summed E-state index contributed by atoms with van der Waals surface area (Å²) in [5.74, 6) is 0. The number of hydrogen-bond donors (Lipinski definition) is 2. The van der Waals surface area contributed by atoms with E-state index < -0.39 is 0 Å². The first kappa shape index (κ1) is 16.4. The summed E-state index contributed by atoms with van der Waals surface area (Å²) >= 11 is 0. The van der Waals surface area contributed by atoms with E-state index in [9.17, 15) is 0 Å². The molecule has 1 rings (SSSR count). The first-order valence-electron chi connectivity index (χ1n) is 6.12. The molecule has 2 N–H and O–H groups in total. The normalized spacial score (nSPS) is 10.3. The van der Waals surface area contributed by atoms with E-state index in [-0.39, 0.29) is 19.0 Å². The van der Waals surface area contributed by atoms with Gasteiger partial charge in [0.25, 0.3) is 0 Å². The van der Waals surface area contributed by atoms with Crippen molar-refractivity contribution < 1.29 is 5.11 Å². The smallest absolute Gasteiger partial charge is 0.0597 e. The van der Waals surface area contributed by atoms with Gasteiger partial charge in [-0.3, -0.25) is 4.68 Å². The first-order valence-corrected chi connectivity index (χ1v) is 6.12. The largest absolute Gasteiger partial charge is 0.396 e. The predicted octanol–water partition coefficient (Wildman–Crippen LogP) is 1.89. The Morgan fingerprint density at radius 3 is 2.82 bits per heavy atom. The molecule has 0 spiro atoms. The zero-order chi connectivity index (χ0) is 11.8. The van der Waals surface area contributed by atoms with Gasteiger partial charge in [-0.25, -0.2) is 0 Å². The molecule has 0 radical (unpaired) electrons. The molecule has 0 amide bonds.